The van der Waals surface area contributed by atoms with Crippen molar-refractivity contribution in [3.8, 4) is 0 Å². The molecular formula is C12H17N3O2. The molecule has 0 aliphatic heterocycles. The minimum atomic E-state index is -0.122. The summed E-state index contributed by atoms with van der Waals surface area (Å²) in [5, 5.41) is 19.4. The molecule has 1 heterocycles. The number of aliphatic hydroxyl groups excluding tert-OH is 1. The molecule has 5 nitrogen and oxygen atoms in total. The average molecular weight is 235 g/mol. The van der Waals surface area contributed by atoms with Crippen LogP contribution in [0, 0.1) is 11.8 Å². The third-order valence-corrected chi connectivity index (χ3v) is 3.42. The molecule has 2 rings (SSSR count). The number of rotatable bonds is 4. The molecule has 1 saturated carbocycles. The maximum absolute atomic E-state index is 11.8. The molecule has 1 aliphatic rings. The molecule has 1 aliphatic carbocycles. The first-order chi connectivity index (χ1) is 8.31. The quantitative estimate of drug-likeness (QED) is 0.802. The summed E-state index contributed by atoms with van der Waals surface area (Å²) in [6, 6.07) is 1.64. The fourth-order valence-electron chi connectivity index (χ4n) is 2.37. The van der Waals surface area contributed by atoms with Crippen molar-refractivity contribution in [2.45, 2.75) is 19.3 Å². The van der Waals surface area contributed by atoms with Crippen LogP contribution in [0.15, 0.2) is 18.5 Å². The molecule has 5 heteroatoms. The van der Waals surface area contributed by atoms with E-state index in [9.17, 15) is 9.90 Å². The topological polar surface area (TPSA) is 75.1 Å². The first kappa shape index (κ1) is 12.0. The third kappa shape index (κ3) is 3.00. The fourth-order valence-corrected chi connectivity index (χ4v) is 2.37. The highest BCUT2D eigenvalue weighted by Crippen LogP contribution is 2.30. The molecule has 2 N–H and O–H groups in total. The highest BCUT2D eigenvalue weighted by atomic mass is 16.3. The van der Waals surface area contributed by atoms with Crippen LogP contribution in [0.5, 0.6) is 0 Å². The average Bonchev–Trinajstić information content (AvgIpc) is 2.84. The molecular weight excluding hydrogens is 218 g/mol. The highest BCUT2D eigenvalue weighted by molar-refractivity contribution is 5.93. The second kappa shape index (κ2) is 5.72. The Morgan fingerprint density at radius 2 is 2.24 bits per heavy atom. The van der Waals surface area contributed by atoms with E-state index in [0.29, 0.717) is 23.9 Å². The lowest BCUT2D eigenvalue weighted by atomic mass is 9.97. The molecule has 1 fully saturated rings. The lowest BCUT2D eigenvalue weighted by Gasteiger charge is -2.17. The molecule has 2 unspecified atom stereocenters. The molecule has 0 aromatic carbocycles. The van der Waals surface area contributed by atoms with E-state index in [4.69, 9.17) is 0 Å². The van der Waals surface area contributed by atoms with E-state index >= 15 is 0 Å². The van der Waals surface area contributed by atoms with Gasteiger partial charge in [-0.25, -0.2) is 0 Å². The standard InChI is InChI=1S/C12H17N3O2/c16-8-11-3-1-2-9(11)6-13-12(17)10-4-5-14-15-7-10/h4-5,7,9,11,16H,1-3,6,8H2,(H,13,17). The maximum Gasteiger partial charge on any atom is 0.252 e. The number of aromatic nitrogens is 2. The van der Waals surface area contributed by atoms with Gasteiger partial charge in [0.1, 0.15) is 0 Å². The number of amides is 1. The van der Waals surface area contributed by atoms with Crippen molar-refractivity contribution in [1.82, 2.24) is 15.5 Å². The molecule has 0 bridgehead atoms. The van der Waals surface area contributed by atoms with Crippen molar-refractivity contribution in [2.75, 3.05) is 13.2 Å². The third-order valence-electron chi connectivity index (χ3n) is 3.42. The number of hydrogen-bond donors (Lipinski definition) is 2. The first-order valence-electron chi connectivity index (χ1n) is 5.97. The number of nitrogens with one attached hydrogen (secondary N) is 1. The van der Waals surface area contributed by atoms with Crippen molar-refractivity contribution in [2.24, 2.45) is 11.8 Å². The van der Waals surface area contributed by atoms with Gasteiger partial charge in [0.15, 0.2) is 0 Å². The summed E-state index contributed by atoms with van der Waals surface area (Å²) < 4.78 is 0. The van der Waals surface area contributed by atoms with Crippen LogP contribution >= 0.6 is 0 Å². The van der Waals surface area contributed by atoms with Crippen LogP contribution in [-0.4, -0.2) is 34.4 Å². The van der Waals surface area contributed by atoms with Crippen LogP contribution in [0.25, 0.3) is 0 Å². The zero-order valence-electron chi connectivity index (χ0n) is 9.67. The number of hydrogen-bond acceptors (Lipinski definition) is 4. The van der Waals surface area contributed by atoms with Crippen molar-refractivity contribution in [3.63, 3.8) is 0 Å². The Hall–Kier alpha value is -1.49. The Morgan fingerprint density at radius 1 is 1.41 bits per heavy atom. The summed E-state index contributed by atoms with van der Waals surface area (Å²) in [5.74, 6) is 0.619. The van der Waals surface area contributed by atoms with Crippen LogP contribution in [-0.2, 0) is 0 Å². The van der Waals surface area contributed by atoms with Gasteiger partial charge in [0, 0.05) is 13.2 Å². The van der Waals surface area contributed by atoms with E-state index in [1.807, 2.05) is 0 Å². The molecule has 0 saturated heterocycles. The maximum atomic E-state index is 11.8. The molecule has 0 radical (unpaired) electrons. The summed E-state index contributed by atoms with van der Waals surface area (Å²) in [7, 11) is 0. The second-order valence-electron chi connectivity index (χ2n) is 4.47. The van der Waals surface area contributed by atoms with Gasteiger partial charge in [0.25, 0.3) is 5.91 Å². The summed E-state index contributed by atoms with van der Waals surface area (Å²) in [6.07, 6.45) is 6.24. The normalized spacial score (nSPS) is 23.6. The number of aliphatic hydroxyl groups is 1. The second-order valence-corrected chi connectivity index (χ2v) is 4.47. The van der Waals surface area contributed by atoms with E-state index < -0.39 is 0 Å². The first-order valence-corrected chi connectivity index (χ1v) is 5.97. The van der Waals surface area contributed by atoms with Crippen LogP contribution in [0.2, 0.25) is 0 Å². The predicted molar refractivity (Wildman–Crippen MR) is 62.3 cm³/mol. The van der Waals surface area contributed by atoms with Gasteiger partial charge in [-0.05, 0) is 30.7 Å². The van der Waals surface area contributed by atoms with Gasteiger partial charge in [-0.1, -0.05) is 6.42 Å². The van der Waals surface area contributed by atoms with E-state index in [1.54, 1.807) is 6.07 Å². The molecule has 92 valence electrons. The fraction of sp³-hybridized carbons (Fsp3) is 0.583. The zero-order valence-corrected chi connectivity index (χ0v) is 9.67. The summed E-state index contributed by atoms with van der Waals surface area (Å²) in [4.78, 5) is 11.8. The Bertz CT molecular complexity index is 369. The van der Waals surface area contributed by atoms with Crippen LogP contribution in [0.1, 0.15) is 29.6 Å². The number of nitrogens with zero attached hydrogens (tertiary/aromatic N) is 2. The van der Waals surface area contributed by atoms with Gasteiger partial charge in [-0.3, -0.25) is 4.79 Å². The largest absolute Gasteiger partial charge is 0.396 e. The Morgan fingerprint density at radius 3 is 2.94 bits per heavy atom. The van der Waals surface area contributed by atoms with E-state index in [-0.39, 0.29) is 12.5 Å². The minimum Gasteiger partial charge on any atom is -0.396 e. The molecule has 1 aromatic rings. The van der Waals surface area contributed by atoms with Crippen LogP contribution < -0.4 is 5.32 Å². The Labute approximate surface area is 100 Å². The lowest BCUT2D eigenvalue weighted by Crippen LogP contribution is -2.31. The SMILES string of the molecule is O=C(NCC1CCCC1CO)c1ccnnc1. The monoisotopic (exact) mass is 235 g/mol. The number of carbonyl (C=O) groups is 1. The Balaban J connectivity index is 1.84. The van der Waals surface area contributed by atoms with Crippen molar-refractivity contribution in [1.29, 1.82) is 0 Å². The van der Waals surface area contributed by atoms with Crippen molar-refractivity contribution in [3.05, 3.63) is 24.0 Å². The van der Waals surface area contributed by atoms with Gasteiger partial charge >= 0.3 is 0 Å². The number of carbonyl (C=O) groups excluding carboxylic acids is 1. The summed E-state index contributed by atoms with van der Waals surface area (Å²) in [6.45, 7) is 0.851. The highest BCUT2D eigenvalue weighted by Gasteiger charge is 2.26. The molecule has 17 heavy (non-hydrogen) atoms. The van der Waals surface area contributed by atoms with Gasteiger partial charge in [0.05, 0.1) is 18.0 Å². The van der Waals surface area contributed by atoms with E-state index in [2.05, 4.69) is 15.5 Å². The van der Waals surface area contributed by atoms with Crippen molar-refractivity contribution < 1.29 is 9.90 Å². The Kier molecular flexibility index (Phi) is 4.03. The van der Waals surface area contributed by atoms with Crippen LogP contribution in [0.4, 0.5) is 0 Å². The zero-order chi connectivity index (χ0) is 12.1. The van der Waals surface area contributed by atoms with Crippen molar-refractivity contribution >= 4 is 5.91 Å². The molecule has 0 spiro atoms. The predicted octanol–water partition coefficient (Wildman–Crippen LogP) is 0.615. The van der Waals surface area contributed by atoms with E-state index in [1.165, 1.54) is 12.4 Å². The van der Waals surface area contributed by atoms with Gasteiger partial charge in [-0.15, -0.1) is 0 Å². The van der Waals surface area contributed by atoms with E-state index in [0.717, 1.165) is 19.3 Å². The molecule has 1 aromatic heterocycles. The summed E-state index contributed by atoms with van der Waals surface area (Å²) >= 11 is 0. The molecule has 2 atom stereocenters. The van der Waals surface area contributed by atoms with Gasteiger partial charge in [-0.2, -0.15) is 10.2 Å². The van der Waals surface area contributed by atoms with Gasteiger partial charge < -0.3 is 10.4 Å². The minimum absolute atomic E-state index is 0.122. The lowest BCUT2D eigenvalue weighted by molar-refractivity contribution is 0.0937. The summed E-state index contributed by atoms with van der Waals surface area (Å²) in [5.41, 5.74) is 0.526. The smallest absolute Gasteiger partial charge is 0.252 e. The molecule has 1 amide bonds. The van der Waals surface area contributed by atoms with Gasteiger partial charge in [0.2, 0.25) is 0 Å². The van der Waals surface area contributed by atoms with Crippen LogP contribution in [0.3, 0.4) is 0 Å².